The summed E-state index contributed by atoms with van der Waals surface area (Å²) in [7, 11) is 0.208. The standard InChI is InChI=1S/C21H33NO2Si/c1-21(2,3)25(5,6)24-14-18-20(23)19-16-11-9-7-8-10-15(16)12-13-17(19)22(18)4/h12-13,23H,7-11,14H2,1-6H3. The molecule has 0 atom stereocenters. The Balaban J connectivity index is 2.01. The van der Waals surface area contributed by atoms with Crippen LogP contribution < -0.4 is 0 Å². The lowest BCUT2D eigenvalue weighted by Gasteiger charge is -2.36. The van der Waals surface area contributed by atoms with Crippen molar-refractivity contribution in [2.24, 2.45) is 7.05 Å². The van der Waals surface area contributed by atoms with Crippen LogP contribution in [0.25, 0.3) is 10.9 Å². The predicted molar refractivity (Wildman–Crippen MR) is 108 cm³/mol. The number of hydrogen-bond donors (Lipinski definition) is 1. The van der Waals surface area contributed by atoms with E-state index in [9.17, 15) is 5.11 Å². The predicted octanol–water partition coefficient (Wildman–Crippen LogP) is 5.67. The van der Waals surface area contributed by atoms with Gasteiger partial charge in [-0.3, -0.25) is 0 Å². The van der Waals surface area contributed by atoms with Crippen molar-refractivity contribution in [1.82, 2.24) is 4.57 Å². The van der Waals surface area contributed by atoms with Crippen molar-refractivity contribution < 1.29 is 9.53 Å². The minimum absolute atomic E-state index is 0.171. The quantitative estimate of drug-likeness (QED) is 0.565. The summed E-state index contributed by atoms with van der Waals surface area (Å²) in [4.78, 5) is 0. The smallest absolute Gasteiger partial charge is 0.192 e. The van der Waals surface area contributed by atoms with Gasteiger partial charge in [0, 0.05) is 12.4 Å². The van der Waals surface area contributed by atoms with Crippen LogP contribution in [0, 0.1) is 0 Å². The molecule has 0 radical (unpaired) electrons. The molecule has 1 aromatic carbocycles. The van der Waals surface area contributed by atoms with Crippen molar-refractivity contribution in [3.63, 3.8) is 0 Å². The maximum Gasteiger partial charge on any atom is 0.192 e. The summed E-state index contributed by atoms with van der Waals surface area (Å²) in [5.74, 6) is 0.440. The van der Waals surface area contributed by atoms with E-state index in [1.54, 1.807) is 0 Å². The number of aromatic hydroxyl groups is 1. The first-order valence-corrected chi connectivity index (χ1v) is 12.5. The van der Waals surface area contributed by atoms with Gasteiger partial charge in [0.2, 0.25) is 0 Å². The van der Waals surface area contributed by atoms with Crippen molar-refractivity contribution >= 4 is 19.2 Å². The summed E-state index contributed by atoms with van der Waals surface area (Å²) in [5.41, 5.74) is 4.83. The highest BCUT2D eigenvalue weighted by Crippen LogP contribution is 2.41. The van der Waals surface area contributed by atoms with Gasteiger partial charge in [-0.2, -0.15) is 0 Å². The number of benzene rings is 1. The molecule has 0 unspecified atom stereocenters. The van der Waals surface area contributed by atoms with Gasteiger partial charge in [-0.15, -0.1) is 0 Å². The normalized spacial score (nSPS) is 16.1. The van der Waals surface area contributed by atoms with Gasteiger partial charge in [-0.1, -0.05) is 33.3 Å². The fourth-order valence-electron chi connectivity index (χ4n) is 3.62. The van der Waals surface area contributed by atoms with Gasteiger partial charge in [0.25, 0.3) is 0 Å². The van der Waals surface area contributed by atoms with Crippen LogP contribution in [0.15, 0.2) is 12.1 Å². The Bertz CT molecular complexity index is 784. The summed E-state index contributed by atoms with van der Waals surface area (Å²) in [6, 6.07) is 4.44. The zero-order valence-corrected chi connectivity index (χ0v) is 17.7. The molecule has 1 heterocycles. The molecule has 0 spiro atoms. The fraction of sp³-hybridized carbons (Fsp3) is 0.619. The first kappa shape index (κ1) is 18.5. The van der Waals surface area contributed by atoms with Gasteiger partial charge in [0.05, 0.1) is 17.8 Å². The van der Waals surface area contributed by atoms with Crippen molar-refractivity contribution in [1.29, 1.82) is 0 Å². The first-order chi connectivity index (χ1) is 11.6. The Morgan fingerprint density at radius 1 is 1.12 bits per heavy atom. The van der Waals surface area contributed by atoms with E-state index in [4.69, 9.17) is 4.43 Å². The molecular weight excluding hydrogens is 326 g/mol. The molecule has 1 aromatic heterocycles. The van der Waals surface area contributed by atoms with Gasteiger partial charge < -0.3 is 14.1 Å². The second-order valence-electron chi connectivity index (χ2n) is 9.06. The number of hydrogen-bond acceptors (Lipinski definition) is 2. The molecular formula is C21H33NO2Si. The number of aromatic nitrogens is 1. The Labute approximate surface area is 153 Å². The highest BCUT2D eigenvalue weighted by molar-refractivity contribution is 6.74. The largest absolute Gasteiger partial charge is 0.505 e. The van der Waals surface area contributed by atoms with Gasteiger partial charge in [0.1, 0.15) is 5.75 Å². The Morgan fingerprint density at radius 3 is 2.48 bits per heavy atom. The van der Waals surface area contributed by atoms with Crippen LogP contribution in [0.1, 0.15) is 56.9 Å². The highest BCUT2D eigenvalue weighted by Gasteiger charge is 2.37. The molecule has 4 heteroatoms. The Kier molecular flexibility index (Phi) is 4.80. The summed E-state index contributed by atoms with van der Waals surface area (Å²) in [6.07, 6.45) is 5.97. The van der Waals surface area contributed by atoms with Crippen LogP contribution >= 0.6 is 0 Å². The van der Waals surface area contributed by atoms with Crippen LogP contribution in [0.4, 0.5) is 0 Å². The zero-order chi connectivity index (χ0) is 18.4. The van der Waals surface area contributed by atoms with Crippen LogP contribution in [0.5, 0.6) is 5.75 Å². The second-order valence-corrected chi connectivity index (χ2v) is 13.9. The van der Waals surface area contributed by atoms with Crippen LogP contribution in [0.3, 0.4) is 0 Å². The zero-order valence-electron chi connectivity index (χ0n) is 16.7. The van der Waals surface area contributed by atoms with E-state index in [1.165, 1.54) is 30.4 Å². The summed E-state index contributed by atoms with van der Waals surface area (Å²) >= 11 is 0. The van der Waals surface area contributed by atoms with Gasteiger partial charge in [-0.25, -0.2) is 0 Å². The first-order valence-electron chi connectivity index (χ1n) is 9.58. The lowest BCUT2D eigenvalue weighted by Crippen LogP contribution is -2.40. The van der Waals surface area contributed by atoms with Gasteiger partial charge in [0.15, 0.2) is 8.32 Å². The lowest BCUT2D eigenvalue weighted by molar-refractivity contribution is 0.263. The SMILES string of the molecule is Cn1c(CO[Si](C)(C)C(C)(C)C)c(O)c2c3c(ccc21)CCCCC3. The number of fused-ring (bicyclic) bond motifs is 3. The molecule has 138 valence electrons. The third-order valence-electron chi connectivity index (χ3n) is 6.41. The molecule has 0 amide bonds. The molecule has 0 saturated carbocycles. The van der Waals surface area contributed by atoms with Crippen molar-refractivity contribution in [3.8, 4) is 5.75 Å². The van der Waals surface area contributed by atoms with Crippen molar-refractivity contribution in [2.45, 2.75) is 77.6 Å². The molecule has 3 nitrogen and oxygen atoms in total. The van der Waals surface area contributed by atoms with E-state index < -0.39 is 8.32 Å². The summed E-state index contributed by atoms with van der Waals surface area (Å²) < 4.78 is 8.53. The van der Waals surface area contributed by atoms with E-state index in [2.05, 4.69) is 57.6 Å². The van der Waals surface area contributed by atoms with E-state index in [0.29, 0.717) is 12.4 Å². The molecule has 0 saturated heterocycles. The van der Waals surface area contributed by atoms with Crippen molar-refractivity contribution in [2.75, 3.05) is 0 Å². The van der Waals surface area contributed by atoms with Gasteiger partial charge in [-0.05, 0) is 61.0 Å². The van der Waals surface area contributed by atoms with E-state index in [0.717, 1.165) is 29.4 Å². The fourth-order valence-corrected chi connectivity index (χ4v) is 4.55. The molecule has 1 aliphatic carbocycles. The minimum atomic E-state index is -1.84. The van der Waals surface area contributed by atoms with Crippen LogP contribution in [-0.4, -0.2) is 18.0 Å². The monoisotopic (exact) mass is 359 g/mol. The third kappa shape index (κ3) is 3.26. The van der Waals surface area contributed by atoms with Gasteiger partial charge >= 0.3 is 0 Å². The average Bonchev–Trinajstić information content (AvgIpc) is 2.69. The number of rotatable bonds is 3. The molecule has 2 aromatic rings. The highest BCUT2D eigenvalue weighted by atomic mass is 28.4. The molecule has 0 fully saturated rings. The number of aryl methyl sites for hydroxylation is 3. The van der Waals surface area contributed by atoms with Crippen molar-refractivity contribution in [3.05, 3.63) is 29.0 Å². The second kappa shape index (κ2) is 6.47. The summed E-state index contributed by atoms with van der Waals surface area (Å²) in [6.45, 7) is 11.8. The maximum absolute atomic E-state index is 11.0. The molecule has 0 aliphatic heterocycles. The molecule has 3 rings (SSSR count). The lowest BCUT2D eigenvalue weighted by atomic mass is 9.98. The summed E-state index contributed by atoms with van der Waals surface area (Å²) in [5, 5.41) is 12.3. The maximum atomic E-state index is 11.0. The van der Waals surface area contributed by atoms with E-state index in [1.807, 2.05) is 0 Å². The molecule has 25 heavy (non-hydrogen) atoms. The molecule has 0 bridgehead atoms. The molecule has 1 N–H and O–H groups in total. The molecule has 1 aliphatic rings. The topological polar surface area (TPSA) is 34.4 Å². The van der Waals surface area contributed by atoms with Crippen LogP contribution in [0.2, 0.25) is 18.1 Å². The third-order valence-corrected chi connectivity index (χ3v) is 10.9. The van der Waals surface area contributed by atoms with E-state index in [-0.39, 0.29) is 5.04 Å². The minimum Gasteiger partial charge on any atom is -0.505 e. The average molecular weight is 360 g/mol. The van der Waals surface area contributed by atoms with E-state index >= 15 is 0 Å². The Morgan fingerprint density at radius 2 is 1.80 bits per heavy atom. The number of nitrogens with zero attached hydrogens (tertiary/aromatic N) is 1. The Hall–Kier alpha value is -1.26. The van der Waals surface area contributed by atoms with Crippen LogP contribution in [-0.2, 0) is 30.9 Å².